The lowest BCUT2D eigenvalue weighted by Gasteiger charge is -2.12. The van der Waals surface area contributed by atoms with Crippen LogP contribution >= 0.6 is 0 Å². The summed E-state index contributed by atoms with van der Waals surface area (Å²) < 4.78 is 5.33. The van der Waals surface area contributed by atoms with Crippen LogP contribution in [0.1, 0.15) is 40.3 Å². The van der Waals surface area contributed by atoms with Crippen molar-refractivity contribution in [2.45, 2.75) is 13.8 Å². The third kappa shape index (κ3) is 5.28. The molecule has 0 radical (unpaired) electrons. The molecule has 0 saturated heterocycles. The van der Waals surface area contributed by atoms with E-state index in [9.17, 15) is 24.3 Å². The Morgan fingerprint density at radius 3 is 2.22 bits per heavy atom. The minimum atomic E-state index is -1.32. The number of carboxylic acids is 1. The Balaban J connectivity index is 1.76. The van der Waals surface area contributed by atoms with E-state index in [0.717, 1.165) is 6.07 Å². The zero-order valence-electron chi connectivity index (χ0n) is 19.6. The molecule has 0 bridgehead atoms. The first-order chi connectivity index (χ1) is 17.7. The van der Waals surface area contributed by atoms with Crippen LogP contribution in [-0.2, 0) is 9.59 Å². The Morgan fingerprint density at radius 2 is 1.59 bits per heavy atom. The van der Waals surface area contributed by atoms with Crippen LogP contribution in [0.5, 0.6) is 0 Å². The molecule has 1 aromatic heterocycles. The number of nitriles is 1. The summed E-state index contributed by atoms with van der Waals surface area (Å²) in [7, 11) is 0. The number of rotatable bonds is 6. The SMILES string of the molecule is CC(=O)Nc1ccc(-c2cc3c(C(=O)Nc4ccc(C#N)cc4C(=O)O)noc3cc2NC(C)=O)cc1. The fraction of sp³-hybridized carbons (Fsp3) is 0.0769. The van der Waals surface area contributed by atoms with Crippen molar-refractivity contribution in [3.05, 3.63) is 71.4 Å². The second-order valence-electron chi connectivity index (χ2n) is 8.00. The number of hydrogen-bond acceptors (Lipinski definition) is 7. The number of carbonyl (C=O) groups excluding carboxylic acids is 3. The molecule has 3 amide bonds. The number of carbonyl (C=O) groups is 4. The van der Waals surface area contributed by atoms with E-state index in [2.05, 4.69) is 21.1 Å². The molecule has 0 fully saturated rings. The minimum Gasteiger partial charge on any atom is -0.478 e. The van der Waals surface area contributed by atoms with Gasteiger partial charge in [-0.3, -0.25) is 14.4 Å². The fourth-order valence-electron chi connectivity index (χ4n) is 3.70. The highest BCUT2D eigenvalue weighted by Gasteiger charge is 2.22. The van der Waals surface area contributed by atoms with Gasteiger partial charge < -0.3 is 25.6 Å². The van der Waals surface area contributed by atoms with Crippen LogP contribution in [0.2, 0.25) is 0 Å². The predicted molar refractivity (Wildman–Crippen MR) is 134 cm³/mol. The second kappa shape index (κ2) is 10.0. The number of nitrogens with one attached hydrogen (secondary N) is 3. The lowest BCUT2D eigenvalue weighted by molar-refractivity contribution is -0.115. The predicted octanol–water partition coefficient (Wildman–Crippen LogP) is 4.23. The van der Waals surface area contributed by atoms with Gasteiger partial charge >= 0.3 is 5.97 Å². The number of fused-ring (bicyclic) bond motifs is 1. The monoisotopic (exact) mass is 497 g/mol. The molecular formula is C26H19N5O6. The van der Waals surface area contributed by atoms with Gasteiger partial charge in [-0.25, -0.2) is 4.79 Å². The van der Waals surface area contributed by atoms with Gasteiger partial charge in [0.25, 0.3) is 5.91 Å². The summed E-state index contributed by atoms with van der Waals surface area (Å²) >= 11 is 0. The van der Waals surface area contributed by atoms with Crippen LogP contribution in [0.4, 0.5) is 17.1 Å². The third-order valence-corrected chi connectivity index (χ3v) is 5.28. The maximum atomic E-state index is 13.1. The van der Waals surface area contributed by atoms with Gasteiger partial charge in [-0.05, 0) is 42.0 Å². The van der Waals surface area contributed by atoms with E-state index in [-0.39, 0.29) is 39.9 Å². The normalized spacial score (nSPS) is 10.4. The molecule has 4 rings (SSSR count). The van der Waals surface area contributed by atoms with Gasteiger partial charge in [-0.2, -0.15) is 5.26 Å². The summed E-state index contributed by atoms with van der Waals surface area (Å²) in [6.07, 6.45) is 0. The van der Waals surface area contributed by atoms with Crippen LogP contribution in [0.3, 0.4) is 0 Å². The number of carboxylic acid groups (broad SMARTS) is 1. The molecule has 11 heteroatoms. The number of aromatic nitrogens is 1. The average Bonchev–Trinajstić information content (AvgIpc) is 3.26. The van der Waals surface area contributed by atoms with E-state index >= 15 is 0 Å². The number of benzene rings is 3. The number of nitrogens with zero attached hydrogens (tertiary/aromatic N) is 2. The molecule has 0 aliphatic carbocycles. The Morgan fingerprint density at radius 1 is 0.892 bits per heavy atom. The van der Waals surface area contributed by atoms with Crippen molar-refractivity contribution >= 4 is 51.7 Å². The molecule has 0 unspecified atom stereocenters. The largest absolute Gasteiger partial charge is 0.478 e. The van der Waals surface area contributed by atoms with E-state index in [1.54, 1.807) is 30.3 Å². The molecule has 3 aromatic carbocycles. The summed E-state index contributed by atoms with van der Waals surface area (Å²) in [5.41, 5.74) is 2.18. The maximum Gasteiger partial charge on any atom is 0.337 e. The van der Waals surface area contributed by atoms with Gasteiger partial charge in [0.15, 0.2) is 11.3 Å². The first kappa shape index (κ1) is 24.6. The van der Waals surface area contributed by atoms with Gasteiger partial charge in [-0.1, -0.05) is 17.3 Å². The molecule has 4 aromatic rings. The molecule has 184 valence electrons. The van der Waals surface area contributed by atoms with Gasteiger partial charge in [0.05, 0.1) is 34.0 Å². The minimum absolute atomic E-state index is 0.0173. The number of anilines is 3. The molecule has 4 N–H and O–H groups in total. The second-order valence-corrected chi connectivity index (χ2v) is 8.00. The standard InChI is InChI=1S/C26H19N5O6/c1-13(32)28-17-6-4-16(5-7-17)18-10-20-23(11-22(18)29-14(2)33)37-31-24(20)25(34)30-21-8-3-15(12-27)9-19(21)26(35)36/h3-11H,1-2H3,(H,28,32)(H,29,33)(H,30,34)(H,35,36). The van der Waals surface area contributed by atoms with Gasteiger partial charge in [-0.15, -0.1) is 0 Å². The lowest BCUT2D eigenvalue weighted by atomic mass is 10.00. The van der Waals surface area contributed by atoms with E-state index in [1.165, 1.54) is 32.0 Å². The molecule has 0 saturated carbocycles. The number of hydrogen-bond donors (Lipinski definition) is 4. The molecule has 0 spiro atoms. The summed E-state index contributed by atoms with van der Waals surface area (Å²) in [4.78, 5) is 47.8. The van der Waals surface area contributed by atoms with Gasteiger partial charge in [0, 0.05) is 31.2 Å². The highest BCUT2D eigenvalue weighted by atomic mass is 16.5. The van der Waals surface area contributed by atoms with Gasteiger partial charge in [0.2, 0.25) is 11.8 Å². The Bertz CT molecular complexity index is 1620. The zero-order valence-corrected chi connectivity index (χ0v) is 19.6. The van der Waals surface area contributed by atoms with Crippen molar-refractivity contribution in [2.75, 3.05) is 16.0 Å². The van der Waals surface area contributed by atoms with Crippen LogP contribution in [0.15, 0.2) is 59.1 Å². The van der Waals surface area contributed by atoms with Crippen molar-refractivity contribution in [3.63, 3.8) is 0 Å². The summed E-state index contributed by atoms with van der Waals surface area (Å²) in [6.45, 7) is 2.75. The quantitative estimate of drug-likeness (QED) is 0.306. The van der Waals surface area contributed by atoms with Gasteiger partial charge in [0.1, 0.15) is 0 Å². The molecule has 1 heterocycles. The highest BCUT2D eigenvalue weighted by Crippen LogP contribution is 2.35. The number of amides is 3. The van der Waals surface area contributed by atoms with E-state index in [1.807, 2.05) is 6.07 Å². The summed E-state index contributed by atoms with van der Waals surface area (Å²) in [5.74, 6) is -2.59. The molecule has 0 aliphatic rings. The topological polar surface area (TPSA) is 174 Å². The van der Waals surface area contributed by atoms with Crippen molar-refractivity contribution < 1.29 is 28.8 Å². The van der Waals surface area contributed by atoms with Crippen LogP contribution < -0.4 is 16.0 Å². The van der Waals surface area contributed by atoms with Crippen LogP contribution in [0.25, 0.3) is 22.1 Å². The van der Waals surface area contributed by atoms with Crippen molar-refractivity contribution in [2.24, 2.45) is 0 Å². The summed E-state index contributed by atoms with van der Waals surface area (Å²) in [6, 6.07) is 15.7. The lowest BCUT2D eigenvalue weighted by Crippen LogP contribution is -2.15. The van der Waals surface area contributed by atoms with E-state index < -0.39 is 11.9 Å². The Hall–Kier alpha value is -5.50. The van der Waals surface area contributed by atoms with Crippen molar-refractivity contribution in [3.8, 4) is 17.2 Å². The van der Waals surface area contributed by atoms with Crippen molar-refractivity contribution in [1.29, 1.82) is 5.26 Å². The Kier molecular flexibility index (Phi) is 6.66. The fourth-order valence-corrected chi connectivity index (χ4v) is 3.70. The molecule has 37 heavy (non-hydrogen) atoms. The summed E-state index contributed by atoms with van der Waals surface area (Å²) in [5, 5.41) is 30.6. The smallest absolute Gasteiger partial charge is 0.337 e. The Labute approximate surface area is 209 Å². The number of aromatic carboxylic acids is 1. The molecular weight excluding hydrogens is 478 g/mol. The molecule has 11 nitrogen and oxygen atoms in total. The van der Waals surface area contributed by atoms with E-state index in [0.29, 0.717) is 27.9 Å². The molecule has 0 aliphatic heterocycles. The molecule has 0 atom stereocenters. The van der Waals surface area contributed by atoms with Crippen molar-refractivity contribution in [1.82, 2.24) is 5.16 Å². The zero-order chi connectivity index (χ0) is 26.7. The van der Waals surface area contributed by atoms with E-state index in [4.69, 9.17) is 9.78 Å². The van der Waals surface area contributed by atoms with Crippen LogP contribution in [0, 0.1) is 11.3 Å². The third-order valence-electron chi connectivity index (χ3n) is 5.28. The van der Waals surface area contributed by atoms with Crippen LogP contribution in [-0.4, -0.2) is 34.0 Å². The maximum absolute atomic E-state index is 13.1. The highest BCUT2D eigenvalue weighted by molar-refractivity contribution is 6.14. The first-order valence-corrected chi connectivity index (χ1v) is 10.8. The average molecular weight is 497 g/mol. The first-order valence-electron chi connectivity index (χ1n) is 10.8.